The Morgan fingerprint density at radius 3 is 2.40 bits per heavy atom. The van der Waals surface area contributed by atoms with Crippen molar-refractivity contribution in [3.05, 3.63) is 69.5 Å². The monoisotopic (exact) mass is 497 g/mol. The molecule has 0 bridgehead atoms. The van der Waals surface area contributed by atoms with Crippen molar-refractivity contribution in [2.75, 3.05) is 11.1 Å². The van der Waals surface area contributed by atoms with Gasteiger partial charge in [0.15, 0.2) is 17.1 Å². The van der Waals surface area contributed by atoms with E-state index in [0.717, 1.165) is 5.75 Å². The van der Waals surface area contributed by atoms with Crippen molar-refractivity contribution in [2.45, 2.75) is 64.8 Å². The first-order valence-electron chi connectivity index (χ1n) is 11.5. The molecule has 10 heteroatoms. The molecule has 0 aliphatic heterocycles. The molecular weight excluding hydrogens is 466 g/mol. The molecule has 1 aromatic heterocycles. The highest BCUT2D eigenvalue weighted by Gasteiger charge is 2.22. The Labute approximate surface area is 209 Å². The minimum absolute atomic E-state index is 0.0347. The van der Waals surface area contributed by atoms with Crippen LogP contribution in [0.5, 0.6) is 5.75 Å². The summed E-state index contributed by atoms with van der Waals surface area (Å²) in [5, 5.41) is 23.1. The summed E-state index contributed by atoms with van der Waals surface area (Å²) in [6, 6.07) is 12.7. The number of carbonyl (C=O) groups excluding carboxylic acids is 1. The van der Waals surface area contributed by atoms with Gasteiger partial charge >= 0.3 is 0 Å². The molecule has 35 heavy (non-hydrogen) atoms. The van der Waals surface area contributed by atoms with Gasteiger partial charge in [-0.05, 0) is 57.4 Å². The maximum atomic E-state index is 12.5. The fourth-order valence-electron chi connectivity index (χ4n) is 3.55. The number of hydrogen-bond donors (Lipinski definition) is 1. The number of ether oxygens (including phenoxy) is 1. The van der Waals surface area contributed by atoms with E-state index in [-0.39, 0.29) is 29.5 Å². The van der Waals surface area contributed by atoms with Gasteiger partial charge in [0.05, 0.1) is 10.7 Å². The average molecular weight is 498 g/mol. The molecule has 0 aliphatic rings. The van der Waals surface area contributed by atoms with Crippen LogP contribution in [0.2, 0.25) is 0 Å². The highest BCUT2D eigenvalue weighted by molar-refractivity contribution is 7.99. The minimum Gasteiger partial charge on any atom is -0.483 e. The number of nitro groups is 1. The Bertz CT molecular complexity index is 1190. The number of nitrogens with zero attached hydrogens (tertiary/aromatic N) is 4. The summed E-state index contributed by atoms with van der Waals surface area (Å²) < 4.78 is 8.08. The third-order valence-corrected chi connectivity index (χ3v) is 6.40. The molecule has 1 atom stereocenters. The van der Waals surface area contributed by atoms with Crippen LogP contribution in [0.15, 0.2) is 47.6 Å². The maximum absolute atomic E-state index is 12.5. The average Bonchev–Trinajstić information content (AvgIpc) is 3.24. The van der Waals surface area contributed by atoms with E-state index in [1.165, 1.54) is 23.4 Å². The van der Waals surface area contributed by atoms with Crippen LogP contribution in [0, 0.1) is 17.0 Å². The number of nitrogens with one attached hydrogen (secondary N) is 1. The number of rotatable bonds is 10. The van der Waals surface area contributed by atoms with Crippen LogP contribution in [0.1, 0.15) is 69.6 Å². The lowest BCUT2D eigenvalue weighted by atomic mass is 10.0. The van der Waals surface area contributed by atoms with Crippen LogP contribution in [0.4, 0.5) is 11.4 Å². The molecule has 9 nitrogen and oxygen atoms in total. The molecule has 1 unspecified atom stereocenters. The second-order valence-corrected chi connectivity index (χ2v) is 9.83. The molecule has 0 saturated heterocycles. The number of benzene rings is 2. The van der Waals surface area contributed by atoms with Crippen molar-refractivity contribution >= 4 is 29.0 Å². The van der Waals surface area contributed by atoms with Gasteiger partial charge in [0.2, 0.25) is 5.91 Å². The number of aryl methyl sites for hydroxylation is 1. The summed E-state index contributed by atoms with van der Waals surface area (Å²) in [5.41, 5.74) is 2.12. The fourth-order valence-corrected chi connectivity index (χ4v) is 4.42. The predicted molar refractivity (Wildman–Crippen MR) is 137 cm³/mol. The lowest BCUT2D eigenvalue weighted by Gasteiger charge is -2.19. The lowest BCUT2D eigenvalue weighted by molar-refractivity contribution is -0.385. The van der Waals surface area contributed by atoms with Gasteiger partial charge in [0, 0.05) is 23.4 Å². The second kappa shape index (κ2) is 11.4. The van der Waals surface area contributed by atoms with Gasteiger partial charge in [-0.15, -0.1) is 10.2 Å². The third kappa shape index (κ3) is 6.60. The van der Waals surface area contributed by atoms with Gasteiger partial charge in [-0.25, -0.2) is 0 Å². The van der Waals surface area contributed by atoms with Crippen LogP contribution in [-0.4, -0.2) is 31.3 Å². The Morgan fingerprint density at radius 1 is 1.11 bits per heavy atom. The number of hydrogen-bond acceptors (Lipinski definition) is 7. The third-order valence-electron chi connectivity index (χ3n) is 5.45. The number of aromatic nitrogens is 3. The first-order valence-corrected chi connectivity index (χ1v) is 12.4. The molecule has 186 valence electrons. The summed E-state index contributed by atoms with van der Waals surface area (Å²) in [5.74, 6) is 1.66. The Hall–Kier alpha value is -3.40. The maximum Gasteiger partial charge on any atom is 0.274 e. The molecule has 0 spiro atoms. The van der Waals surface area contributed by atoms with Gasteiger partial charge < -0.3 is 14.6 Å². The van der Waals surface area contributed by atoms with Crippen LogP contribution < -0.4 is 10.1 Å². The molecule has 0 fully saturated rings. The van der Waals surface area contributed by atoms with Crippen LogP contribution in [0.25, 0.3) is 0 Å². The Kier molecular flexibility index (Phi) is 8.50. The first kappa shape index (κ1) is 26.2. The van der Waals surface area contributed by atoms with Crippen molar-refractivity contribution in [1.29, 1.82) is 0 Å². The zero-order chi connectivity index (χ0) is 25.7. The molecule has 1 N–H and O–H groups in total. The fraction of sp³-hybridized carbons (Fsp3) is 0.400. The molecule has 2 aromatic carbocycles. The van der Waals surface area contributed by atoms with Gasteiger partial charge in [0.1, 0.15) is 5.75 Å². The first-order chi connectivity index (χ1) is 16.6. The van der Waals surface area contributed by atoms with Crippen LogP contribution in [-0.2, 0) is 4.79 Å². The molecule has 3 rings (SSSR count). The van der Waals surface area contributed by atoms with Crippen LogP contribution in [0.3, 0.4) is 0 Å². The highest BCUT2D eigenvalue weighted by atomic mass is 32.2. The van der Waals surface area contributed by atoms with Gasteiger partial charge in [-0.2, -0.15) is 0 Å². The number of amides is 1. The van der Waals surface area contributed by atoms with E-state index in [4.69, 9.17) is 4.74 Å². The smallest absolute Gasteiger partial charge is 0.274 e. The van der Waals surface area contributed by atoms with Gasteiger partial charge in [0.25, 0.3) is 5.69 Å². The van der Waals surface area contributed by atoms with Crippen molar-refractivity contribution in [2.24, 2.45) is 0 Å². The SMILES string of the molecule is Cc1ccc(NC(=O)CSc2nnc(C(C)Oc3ccc(C(C)C)cc3)n2C(C)C)cc1[N+](=O)[O-]. The van der Waals surface area contributed by atoms with Crippen molar-refractivity contribution < 1.29 is 14.5 Å². The number of thioether (sulfide) groups is 1. The molecule has 3 aromatic rings. The zero-order valence-electron chi connectivity index (χ0n) is 20.8. The van der Waals surface area contributed by atoms with E-state index < -0.39 is 4.92 Å². The standard InChI is InChI=1S/C25H31N5O4S/c1-15(2)19-8-11-21(12-9-19)34-18(6)24-27-28-25(29(24)16(3)4)35-14-23(31)26-20-10-7-17(5)22(13-20)30(32)33/h7-13,15-16,18H,14H2,1-6H3,(H,26,31). The van der Waals surface area contributed by atoms with Crippen molar-refractivity contribution in [3.63, 3.8) is 0 Å². The number of carbonyl (C=O) groups is 1. The molecule has 1 amide bonds. The predicted octanol–water partition coefficient (Wildman–Crippen LogP) is 6.07. The van der Waals surface area contributed by atoms with Crippen molar-refractivity contribution in [1.82, 2.24) is 14.8 Å². The van der Waals surface area contributed by atoms with Crippen molar-refractivity contribution in [3.8, 4) is 5.75 Å². The largest absolute Gasteiger partial charge is 0.483 e. The Balaban J connectivity index is 1.67. The van der Waals surface area contributed by atoms with Gasteiger partial charge in [-0.3, -0.25) is 14.9 Å². The van der Waals surface area contributed by atoms with Crippen LogP contribution >= 0.6 is 11.8 Å². The van der Waals surface area contributed by atoms with E-state index in [1.807, 2.05) is 37.5 Å². The highest BCUT2D eigenvalue weighted by Crippen LogP contribution is 2.29. The van der Waals surface area contributed by atoms with E-state index >= 15 is 0 Å². The normalized spacial score (nSPS) is 12.1. The van der Waals surface area contributed by atoms with E-state index in [9.17, 15) is 14.9 Å². The molecular formula is C25H31N5O4S. The molecule has 0 saturated carbocycles. The summed E-state index contributed by atoms with van der Waals surface area (Å²) in [6.07, 6.45) is -0.342. The van der Waals surface area contributed by atoms with E-state index in [2.05, 4.69) is 41.5 Å². The molecule has 0 aliphatic carbocycles. The van der Waals surface area contributed by atoms with Gasteiger partial charge in [-0.1, -0.05) is 43.8 Å². The number of nitro benzene ring substituents is 1. The number of anilines is 1. The topological polar surface area (TPSA) is 112 Å². The Morgan fingerprint density at radius 2 is 1.80 bits per heavy atom. The summed E-state index contributed by atoms with van der Waals surface area (Å²) in [7, 11) is 0. The summed E-state index contributed by atoms with van der Waals surface area (Å²) in [4.78, 5) is 23.2. The van der Waals surface area contributed by atoms with E-state index in [0.29, 0.717) is 28.1 Å². The zero-order valence-corrected chi connectivity index (χ0v) is 21.6. The molecule has 1 heterocycles. The lowest BCUT2D eigenvalue weighted by Crippen LogP contribution is -2.16. The van der Waals surface area contributed by atoms with E-state index in [1.54, 1.807) is 19.1 Å². The molecule has 0 radical (unpaired) electrons. The minimum atomic E-state index is -0.464. The summed E-state index contributed by atoms with van der Waals surface area (Å²) >= 11 is 1.25. The summed E-state index contributed by atoms with van der Waals surface area (Å²) in [6.45, 7) is 11.9. The second-order valence-electron chi connectivity index (χ2n) is 8.88. The quantitative estimate of drug-likeness (QED) is 0.205.